The van der Waals surface area contributed by atoms with Gasteiger partial charge in [0.15, 0.2) is 0 Å². The SMILES string of the molecule is CN(C)CCNc1cc(F)cc(-c2ccnc3[nH]c(-c4n[nH]c5ccc(-c6cncc(N(C)C)c6)cc45)cc23)c1. The summed E-state index contributed by atoms with van der Waals surface area (Å²) in [5.41, 5.74) is 8.82. The fraction of sp³-hybridized carbons (Fsp3) is 0.194. The zero-order valence-corrected chi connectivity index (χ0v) is 23.0. The van der Waals surface area contributed by atoms with Crippen LogP contribution in [0.15, 0.2) is 73.2 Å². The van der Waals surface area contributed by atoms with Gasteiger partial charge in [0.1, 0.15) is 17.2 Å². The van der Waals surface area contributed by atoms with Gasteiger partial charge in [-0.15, -0.1) is 0 Å². The minimum Gasteiger partial charge on any atom is -0.384 e. The monoisotopic (exact) mass is 534 g/mol. The van der Waals surface area contributed by atoms with E-state index in [-0.39, 0.29) is 5.82 Å². The molecule has 8 nitrogen and oxygen atoms in total. The van der Waals surface area contributed by atoms with Crippen LogP contribution in [-0.4, -0.2) is 71.3 Å². The van der Waals surface area contributed by atoms with Crippen LogP contribution in [0.2, 0.25) is 0 Å². The lowest BCUT2D eigenvalue weighted by atomic mass is 10.0. The molecule has 0 fully saturated rings. The van der Waals surface area contributed by atoms with Gasteiger partial charge in [-0.05, 0) is 79.3 Å². The van der Waals surface area contributed by atoms with Crippen LogP contribution in [0.5, 0.6) is 0 Å². The van der Waals surface area contributed by atoms with E-state index < -0.39 is 0 Å². The van der Waals surface area contributed by atoms with Crippen molar-refractivity contribution in [3.8, 4) is 33.6 Å². The van der Waals surface area contributed by atoms with Crippen LogP contribution in [0.3, 0.4) is 0 Å². The Labute approximate surface area is 231 Å². The molecule has 0 radical (unpaired) electrons. The Hall–Kier alpha value is -4.76. The highest BCUT2D eigenvalue weighted by molar-refractivity contribution is 6.01. The highest BCUT2D eigenvalue weighted by Gasteiger charge is 2.16. The Morgan fingerprint density at radius 2 is 1.75 bits per heavy atom. The molecule has 2 aromatic carbocycles. The summed E-state index contributed by atoms with van der Waals surface area (Å²) in [6, 6.07) is 17.4. The number of halogens is 1. The number of likely N-dealkylation sites (N-methyl/N-ethyl adjacent to an activating group) is 1. The number of hydrogen-bond donors (Lipinski definition) is 3. The molecule has 0 unspecified atom stereocenters. The van der Waals surface area contributed by atoms with Crippen LogP contribution in [-0.2, 0) is 0 Å². The third kappa shape index (κ3) is 4.99. The third-order valence-electron chi connectivity index (χ3n) is 7.02. The lowest BCUT2D eigenvalue weighted by Gasteiger charge is -2.13. The molecule has 0 aliphatic carbocycles. The average Bonchev–Trinajstić information content (AvgIpc) is 3.56. The van der Waals surface area contributed by atoms with Crippen molar-refractivity contribution in [2.45, 2.75) is 0 Å². The van der Waals surface area contributed by atoms with Gasteiger partial charge in [-0.1, -0.05) is 6.07 Å². The minimum atomic E-state index is -0.288. The van der Waals surface area contributed by atoms with Crippen LogP contribution in [0.4, 0.5) is 15.8 Å². The molecule has 4 heterocycles. The molecule has 6 rings (SSSR count). The van der Waals surface area contributed by atoms with Crippen molar-refractivity contribution in [3.63, 3.8) is 0 Å². The van der Waals surface area contributed by atoms with Crippen molar-refractivity contribution < 1.29 is 4.39 Å². The van der Waals surface area contributed by atoms with Gasteiger partial charge in [-0.3, -0.25) is 10.1 Å². The van der Waals surface area contributed by atoms with Gasteiger partial charge in [0.25, 0.3) is 0 Å². The Kier molecular flexibility index (Phi) is 6.65. The predicted octanol–water partition coefficient (Wildman–Crippen LogP) is 6.01. The second kappa shape index (κ2) is 10.4. The summed E-state index contributed by atoms with van der Waals surface area (Å²) in [5.74, 6) is -0.288. The van der Waals surface area contributed by atoms with Gasteiger partial charge in [0.2, 0.25) is 0 Å². The number of rotatable bonds is 8. The van der Waals surface area contributed by atoms with E-state index in [1.54, 1.807) is 12.3 Å². The molecule has 202 valence electrons. The molecule has 40 heavy (non-hydrogen) atoms. The first-order valence-electron chi connectivity index (χ1n) is 13.1. The lowest BCUT2D eigenvalue weighted by molar-refractivity contribution is 0.425. The number of nitrogens with one attached hydrogen (secondary N) is 3. The number of nitrogens with zero attached hydrogens (tertiary/aromatic N) is 5. The van der Waals surface area contributed by atoms with Crippen molar-refractivity contribution in [2.24, 2.45) is 0 Å². The fourth-order valence-corrected chi connectivity index (χ4v) is 4.91. The maximum absolute atomic E-state index is 14.7. The van der Waals surface area contributed by atoms with Crippen molar-refractivity contribution >= 4 is 33.3 Å². The van der Waals surface area contributed by atoms with E-state index in [0.717, 1.165) is 74.4 Å². The fourth-order valence-electron chi connectivity index (χ4n) is 4.91. The molecule has 0 saturated carbocycles. The minimum absolute atomic E-state index is 0.288. The summed E-state index contributed by atoms with van der Waals surface area (Å²) in [4.78, 5) is 16.5. The molecule has 0 saturated heterocycles. The summed E-state index contributed by atoms with van der Waals surface area (Å²) < 4.78 is 14.7. The van der Waals surface area contributed by atoms with Gasteiger partial charge in [0, 0.05) is 61.6 Å². The second-order valence-corrected chi connectivity index (χ2v) is 10.4. The van der Waals surface area contributed by atoms with Gasteiger partial charge in [0.05, 0.1) is 23.1 Å². The van der Waals surface area contributed by atoms with Crippen molar-refractivity contribution in [2.75, 3.05) is 51.5 Å². The van der Waals surface area contributed by atoms with Gasteiger partial charge >= 0.3 is 0 Å². The third-order valence-corrected chi connectivity index (χ3v) is 7.02. The van der Waals surface area contributed by atoms with E-state index in [1.807, 2.05) is 69.7 Å². The number of aromatic amines is 2. The standard InChI is InChI=1S/C31H31FN8/c1-39(2)10-9-34-23-12-20(11-22(32)15-23)25-7-8-35-31-26(25)16-29(36-31)30-27-14-19(5-6-28(27)37-38-30)21-13-24(40(3)4)18-33-17-21/h5-8,11-18,34H,9-10H2,1-4H3,(H,35,36)(H,37,38). The quantitative estimate of drug-likeness (QED) is 0.222. The molecule has 0 atom stereocenters. The molecule has 6 aromatic rings. The molecule has 0 aliphatic heterocycles. The second-order valence-electron chi connectivity index (χ2n) is 10.4. The summed E-state index contributed by atoms with van der Waals surface area (Å²) in [6.45, 7) is 1.57. The highest BCUT2D eigenvalue weighted by Crippen LogP contribution is 2.35. The number of benzene rings is 2. The molecule has 0 bridgehead atoms. The summed E-state index contributed by atoms with van der Waals surface area (Å²) >= 11 is 0. The van der Waals surface area contributed by atoms with Gasteiger partial charge in [-0.25, -0.2) is 9.37 Å². The number of hydrogen-bond acceptors (Lipinski definition) is 6. The van der Waals surface area contributed by atoms with Crippen molar-refractivity contribution in [1.82, 2.24) is 30.0 Å². The van der Waals surface area contributed by atoms with Gasteiger partial charge in [-0.2, -0.15) is 5.10 Å². The first kappa shape index (κ1) is 25.5. The number of pyridine rings is 2. The maximum Gasteiger partial charge on any atom is 0.138 e. The van der Waals surface area contributed by atoms with Crippen LogP contribution < -0.4 is 10.2 Å². The molecule has 0 aliphatic rings. The number of fused-ring (bicyclic) bond motifs is 2. The van der Waals surface area contributed by atoms with E-state index in [0.29, 0.717) is 5.65 Å². The topological polar surface area (TPSA) is 88.8 Å². The lowest BCUT2D eigenvalue weighted by Crippen LogP contribution is -2.20. The van der Waals surface area contributed by atoms with Crippen LogP contribution in [0.25, 0.3) is 55.6 Å². The summed E-state index contributed by atoms with van der Waals surface area (Å²) in [6.07, 6.45) is 5.46. The smallest absolute Gasteiger partial charge is 0.138 e. The van der Waals surface area contributed by atoms with E-state index >= 15 is 0 Å². The van der Waals surface area contributed by atoms with E-state index in [4.69, 9.17) is 0 Å². The molecular formula is C31H31FN8. The number of anilines is 2. The molecule has 9 heteroatoms. The number of aromatic nitrogens is 5. The molecule has 0 spiro atoms. The first-order chi connectivity index (χ1) is 19.4. The van der Waals surface area contributed by atoms with Crippen molar-refractivity contribution in [3.05, 3.63) is 79.0 Å². The highest BCUT2D eigenvalue weighted by atomic mass is 19.1. The Morgan fingerprint density at radius 3 is 2.58 bits per heavy atom. The van der Waals surface area contributed by atoms with Crippen molar-refractivity contribution in [1.29, 1.82) is 0 Å². The Balaban J connectivity index is 1.39. The zero-order valence-electron chi connectivity index (χ0n) is 23.0. The largest absolute Gasteiger partial charge is 0.384 e. The summed E-state index contributed by atoms with van der Waals surface area (Å²) in [5, 5.41) is 13.0. The predicted molar refractivity (Wildman–Crippen MR) is 161 cm³/mol. The van der Waals surface area contributed by atoms with Crippen LogP contribution >= 0.6 is 0 Å². The zero-order chi connectivity index (χ0) is 27.8. The van der Waals surface area contributed by atoms with Gasteiger partial charge < -0.3 is 20.1 Å². The normalized spacial score (nSPS) is 11.6. The van der Waals surface area contributed by atoms with E-state index in [2.05, 4.69) is 53.6 Å². The Bertz CT molecular complexity index is 1820. The molecule has 0 amide bonds. The first-order valence-corrected chi connectivity index (χ1v) is 13.1. The average molecular weight is 535 g/mol. The molecular weight excluding hydrogens is 503 g/mol. The summed E-state index contributed by atoms with van der Waals surface area (Å²) in [7, 11) is 8.03. The molecule has 3 N–H and O–H groups in total. The maximum atomic E-state index is 14.7. The number of H-pyrrole nitrogens is 2. The van der Waals surface area contributed by atoms with E-state index in [9.17, 15) is 4.39 Å². The molecule has 4 aromatic heterocycles. The van der Waals surface area contributed by atoms with E-state index in [1.165, 1.54) is 6.07 Å². The Morgan fingerprint density at radius 1 is 0.875 bits per heavy atom. The van der Waals surface area contributed by atoms with Crippen LogP contribution in [0.1, 0.15) is 0 Å². The van der Waals surface area contributed by atoms with Crippen LogP contribution in [0, 0.1) is 5.82 Å².